The minimum Gasteiger partial charge on any atom is -0.383 e. The maximum Gasteiger partial charge on any atom is 0.233 e. The number of ether oxygens (including phenoxy) is 1. The van der Waals surface area contributed by atoms with E-state index >= 15 is 0 Å². The van der Waals surface area contributed by atoms with Crippen LogP contribution in [0.3, 0.4) is 0 Å². The molecule has 1 atom stereocenters. The van der Waals surface area contributed by atoms with Crippen LogP contribution in [-0.4, -0.2) is 68.7 Å². The van der Waals surface area contributed by atoms with Crippen molar-refractivity contribution in [3.8, 4) is 0 Å². The molecule has 1 aliphatic rings. The van der Waals surface area contributed by atoms with Gasteiger partial charge in [0.25, 0.3) is 0 Å². The number of hydrogen-bond donors (Lipinski definition) is 1. The number of anilines is 1. The summed E-state index contributed by atoms with van der Waals surface area (Å²) < 4.78 is 28.5. The van der Waals surface area contributed by atoms with E-state index in [2.05, 4.69) is 5.32 Å². The fourth-order valence-electron chi connectivity index (χ4n) is 2.79. The van der Waals surface area contributed by atoms with Crippen molar-refractivity contribution in [1.29, 1.82) is 0 Å². The number of sulfone groups is 1. The average Bonchev–Trinajstić information content (AvgIpc) is 2.94. The number of rotatable bonds is 8. The van der Waals surface area contributed by atoms with Gasteiger partial charge in [-0.3, -0.25) is 9.59 Å². The lowest BCUT2D eigenvalue weighted by Gasteiger charge is -2.28. The largest absolute Gasteiger partial charge is 0.383 e. The Balaban J connectivity index is 1.95. The minimum absolute atomic E-state index is 0.0263. The number of nitrogens with one attached hydrogen (secondary N) is 1. The third-order valence-electron chi connectivity index (χ3n) is 4.04. The quantitative estimate of drug-likeness (QED) is 0.663. The molecule has 2 amide bonds. The number of carbonyl (C=O) groups is 2. The molecule has 1 aliphatic heterocycles. The van der Waals surface area contributed by atoms with Gasteiger partial charge in [-0.25, -0.2) is 8.42 Å². The van der Waals surface area contributed by atoms with Crippen LogP contribution in [-0.2, 0) is 24.2 Å². The molecular weight excluding hydrogens is 376 g/mol. The lowest BCUT2D eigenvalue weighted by molar-refractivity contribution is -0.130. The first kappa shape index (κ1) is 20.7. The van der Waals surface area contributed by atoms with Crippen LogP contribution >= 0.6 is 11.8 Å². The lowest BCUT2D eigenvalue weighted by atomic mass is 10.2. The first-order valence-electron chi connectivity index (χ1n) is 8.30. The van der Waals surface area contributed by atoms with Crippen LogP contribution in [0.15, 0.2) is 29.2 Å². The highest BCUT2D eigenvalue weighted by atomic mass is 32.2. The maximum absolute atomic E-state index is 12.6. The van der Waals surface area contributed by atoms with Gasteiger partial charge in [-0.2, -0.15) is 0 Å². The molecule has 1 aromatic carbocycles. The second-order valence-electron chi connectivity index (χ2n) is 6.13. The predicted molar refractivity (Wildman–Crippen MR) is 102 cm³/mol. The van der Waals surface area contributed by atoms with Gasteiger partial charge in [0.2, 0.25) is 11.8 Å². The summed E-state index contributed by atoms with van der Waals surface area (Å²) in [6.45, 7) is 2.20. The van der Waals surface area contributed by atoms with Crippen molar-refractivity contribution < 1.29 is 22.7 Å². The predicted octanol–water partition coefficient (Wildman–Crippen LogP) is 1.40. The molecule has 1 heterocycles. The van der Waals surface area contributed by atoms with Gasteiger partial charge in [0.1, 0.15) is 0 Å². The van der Waals surface area contributed by atoms with Crippen LogP contribution in [0.4, 0.5) is 5.69 Å². The molecular formula is C17H24N2O5S2. The Kier molecular flexibility index (Phi) is 7.48. The van der Waals surface area contributed by atoms with E-state index in [1.165, 1.54) is 18.7 Å². The van der Waals surface area contributed by atoms with Crippen molar-refractivity contribution >= 4 is 39.1 Å². The summed E-state index contributed by atoms with van der Waals surface area (Å²) in [6.07, 6.45) is 0.480. The lowest BCUT2D eigenvalue weighted by Crippen LogP contribution is -2.44. The van der Waals surface area contributed by atoms with E-state index < -0.39 is 9.84 Å². The molecule has 26 heavy (non-hydrogen) atoms. The molecule has 1 N–H and O–H groups in total. The summed E-state index contributed by atoms with van der Waals surface area (Å²) in [5, 5.41) is 2.69. The third-order valence-corrected chi connectivity index (χ3v) is 6.79. The first-order valence-corrected chi connectivity index (χ1v) is 11.1. The Labute approximate surface area is 158 Å². The number of benzene rings is 1. The highest BCUT2D eigenvalue weighted by Crippen LogP contribution is 2.23. The Morgan fingerprint density at radius 3 is 2.54 bits per heavy atom. The van der Waals surface area contributed by atoms with E-state index in [0.717, 1.165) is 4.90 Å². The summed E-state index contributed by atoms with van der Waals surface area (Å²) in [5.41, 5.74) is 0.700. The maximum atomic E-state index is 12.6. The van der Waals surface area contributed by atoms with Crippen molar-refractivity contribution in [3.63, 3.8) is 0 Å². The Bertz CT molecular complexity index is 734. The topological polar surface area (TPSA) is 92.8 Å². The number of nitrogens with zero attached hydrogens (tertiary/aromatic N) is 1. The van der Waals surface area contributed by atoms with Crippen LogP contribution < -0.4 is 5.32 Å². The molecule has 1 aromatic rings. The molecule has 0 spiro atoms. The number of hydrogen-bond acceptors (Lipinski definition) is 6. The Morgan fingerprint density at radius 1 is 1.31 bits per heavy atom. The van der Waals surface area contributed by atoms with Crippen LogP contribution in [0.2, 0.25) is 0 Å². The smallest absolute Gasteiger partial charge is 0.233 e. The summed E-state index contributed by atoms with van der Waals surface area (Å²) in [6, 6.07) is 6.96. The van der Waals surface area contributed by atoms with Crippen LogP contribution in [0.1, 0.15) is 13.3 Å². The molecule has 0 aromatic heterocycles. The molecule has 0 radical (unpaired) electrons. The number of methoxy groups -OCH3 is 1. The fraction of sp³-hybridized carbons (Fsp3) is 0.529. The van der Waals surface area contributed by atoms with E-state index in [4.69, 9.17) is 4.74 Å². The Morgan fingerprint density at radius 2 is 2.00 bits per heavy atom. The molecule has 1 fully saturated rings. The van der Waals surface area contributed by atoms with Gasteiger partial charge in [0.15, 0.2) is 9.84 Å². The monoisotopic (exact) mass is 400 g/mol. The van der Waals surface area contributed by atoms with Crippen molar-refractivity contribution in [2.75, 3.05) is 42.8 Å². The van der Waals surface area contributed by atoms with Crippen molar-refractivity contribution in [2.45, 2.75) is 24.3 Å². The first-order chi connectivity index (χ1) is 12.3. The average molecular weight is 401 g/mol. The van der Waals surface area contributed by atoms with Crippen LogP contribution in [0.5, 0.6) is 0 Å². The third kappa shape index (κ3) is 6.30. The summed E-state index contributed by atoms with van der Waals surface area (Å²) >= 11 is 1.38. The van der Waals surface area contributed by atoms with E-state index in [-0.39, 0.29) is 35.1 Å². The standard InChI is InChI=1S/C17H24N2O5S2/c1-13(20)18-14-3-5-16(6-4-14)25-11-17(21)19(8-9-24-2)15-7-10-26(22,23)12-15/h3-6,15H,7-12H2,1-2H3,(H,18,20)/t15-/m0/s1. The molecule has 0 saturated carbocycles. The van der Waals surface area contributed by atoms with E-state index in [1.54, 1.807) is 24.1 Å². The molecule has 144 valence electrons. The second-order valence-corrected chi connectivity index (χ2v) is 9.41. The van der Waals surface area contributed by atoms with Gasteiger partial charge in [-0.05, 0) is 30.7 Å². The molecule has 9 heteroatoms. The minimum atomic E-state index is -3.06. The Hall–Kier alpha value is -1.58. The van der Waals surface area contributed by atoms with E-state index in [9.17, 15) is 18.0 Å². The van der Waals surface area contributed by atoms with Gasteiger partial charge in [0, 0.05) is 37.2 Å². The fourth-order valence-corrected chi connectivity index (χ4v) is 5.30. The van der Waals surface area contributed by atoms with Gasteiger partial charge in [-0.15, -0.1) is 11.8 Å². The van der Waals surface area contributed by atoms with Crippen molar-refractivity contribution in [2.24, 2.45) is 0 Å². The summed E-state index contributed by atoms with van der Waals surface area (Å²) in [5.74, 6) is 0.144. The second kappa shape index (κ2) is 9.38. The SMILES string of the molecule is COCCN(C(=O)CSc1ccc(NC(C)=O)cc1)[C@H]1CCS(=O)(=O)C1. The number of carbonyl (C=O) groups excluding carboxylic acids is 2. The molecule has 1 saturated heterocycles. The zero-order valence-corrected chi connectivity index (χ0v) is 16.6. The molecule has 0 bridgehead atoms. The molecule has 2 rings (SSSR count). The zero-order chi connectivity index (χ0) is 19.2. The molecule has 7 nitrogen and oxygen atoms in total. The summed E-state index contributed by atoms with van der Waals surface area (Å²) in [7, 11) is -1.50. The van der Waals surface area contributed by atoms with Gasteiger partial charge < -0.3 is 15.0 Å². The van der Waals surface area contributed by atoms with Gasteiger partial charge in [0.05, 0.1) is 23.9 Å². The van der Waals surface area contributed by atoms with Crippen molar-refractivity contribution in [3.05, 3.63) is 24.3 Å². The summed E-state index contributed by atoms with van der Waals surface area (Å²) in [4.78, 5) is 26.2. The number of amides is 2. The van der Waals surface area contributed by atoms with E-state index in [1.807, 2.05) is 12.1 Å². The van der Waals surface area contributed by atoms with Crippen LogP contribution in [0, 0.1) is 0 Å². The van der Waals surface area contributed by atoms with Crippen molar-refractivity contribution in [1.82, 2.24) is 4.90 Å². The van der Waals surface area contributed by atoms with E-state index in [0.29, 0.717) is 25.3 Å². The highest BCUT2D eigenvalue weighted by Gasteiger charge is 2.34. The molecule has 0 aliphatic carbocycles. The normalized spacial score (nSPS) is 18.5. The number of thioether (sulfide) groups is 1. The molecule has 0 unspecified atom stereocenters. The van der Waals surface area contributed by atoms with Gasteiger partial charge in [-0.1, -0.05) is 0 Å². The van der Waals surface area contributed by atoms with Crippen LogP contribution in [0.25, 0.3) is 0 Å². The van der Waals surface area contributed by atoms with Gasteiger partial charge >= 0.3 is 0 Å². The highest BCUT2D eigenvalue weighted by molar-refractivity contribution is 8.00. The zero-order valence-electron chi connectivity index (χ0n) is 14.9.